The Bertz CT molecular complexity index is 1170. The largest absolute Gasteiger partial charge is 0.384 e. The van der Waals surface area contributed by atoms with Gasteiger partial charge in [0, 0.05) is 48.1 Å². The first kappa shape index (κ1) is 23.5. The highest BCUT2D eigenvalue weighted by Gasteiger charge is 2.34. The normalized spacial score (nSPS) is 18.5. The molecule has 1 aromatic heterocycles. The van der Waals surface area contributed by atoms with E-state index in [9.17, 15) is 10.4 Å². The zero-order valence-electron chi connectivity index (χ0n) is 18.7. The van der Waals surface area contributed by atoms with Crippen LogP contribution in [0.15, 0.2) is 60.8 Å². The predicted molar refractivity (Wildman–Crippen MR) is 133 cm³/mol. The van der Waals surface area contributed by atoms with Crippen molar-refractivity contribution in [3.63, 3.8) is 0 Å². The van der Waals surface area contributed by atoms with Gasteiger partial charge < -0.3 is 10.0 Å². The second-order valence-corrected chi connectivity index (χ2v) is 9.60. The highest BCUT2D eigenvalue weighted by atomic mass is 35.5. The number of aromatic nitrogens is 1. The molecule has 0 unspecified atom stereocenters. The fourth-order valence-electron chi connectivity index (χ4n) is 4.50. The maximum absolute atomic E-state index is 11.3. The number of halogens is 2. The first-order chi connectivity index (χ1) is 15.8. The van der Waals surface area contributed by atoms with Gasteiger partial charge in [0.1, 0.15) is 6.07 Å². The number of aliphatic hydroxyl groups is 1. The van der Waals surface area contributed by atoms with Crippen molar-refractivity contribution in [1.82, 2.24) is 9.88 Å². The van der Waals surface area contributed by atoms with E-state index in [1.165, 1.54) is 0 Å². The summed E-state index contributed by atoms with van der Waals surface area (Å²) in [5.74, 6) is 0. The Morgan fingerprint density at radius 1 is 1.09 bits per heavy atom. The summed E-state index contributed by atoms with van der Waals surface area (Å²) in [5.41, 5.74) is 3.22. The Kier molecular flexibility index (Phi) is 6.92. The van der Waals surface area contributed by atoms with Crippen LogP contribution in [0.25, 0.3) is 0 Å². The van der Waals surface area contributed by atoms with Crippen molar-refractivity contribution < 1.29 is 5.11 Å². The maximum Gasteiger partial charge on any atom is 0.101 e. The Labute approximate surface area is 204 Å². The van der Waals surface area contributed by atoms with Crippen LogP contribution in [-0.2, 0) is 5.60 Å². The molecule has 1 aliphatic heterocycles. The van der Waals surface area contributed by atoms with E-state index < -0.39 is 5.60 Å². The fraction of sp³-hybridized carbons (Fsp3) is 0.308. The first-order valence-electron chi connectivity index (χ1n) is 10.9. The molecule has 2 heterocycles. The monoisotopic (exact) mass is 480 g/mol. The van der Waals surface area contributed by atoms with Crippen molar-refractivity contribution in [1.29, 1.82) is 5.26 Å². The molecule has 0 radical (unpaired) electrons. The molecule has 2 atom stereocenters. The van der Waals surface area contributed by atoms with Crippen LogP contribution in [0.1, 0.15) is 35.3 Å². The van der Waals surface area contributed by atoms with E-state index >= 15 is 0 Å². The second kappa shape index (κ2) is 9.70. The molecule has 1 fully saturated rings. The molecule has 2 aromatic carbocycles. The molecule has 0 bridgehead atoms. The minimum atomic E-state index is -1.02. The third-order valence-electron chi connectivity index (χ3n) is 6.16. The molecule has 5 nitrogen and oxygen atoms in total. The van der Waals surface area contributed by atoms with Crippen LogP contribution in [-0.4, -0.2) is 41.2 Å². The second-order valence-electron chi connectivity index (χ2n) is 8.73. The Balaban J connectivity index is 1.64. The van der Waals surface area contributed by atoms with E-state index in [0.29, 0.717) is 35.2 Å². The lowest BCUT2D eigenvalue weighted by molar-refractivity contribution is 0.0102. The summed E-state index contributed by atoms with van der Waals surface area (Å²) in [7, 11) is 0. The molecule has 4 rings (SSSR count). The number of nitriles is 1. The van der Waals surface area contributed by atoms with Crippen LogP contribution >= 0.6 is 23.2 Å². The van der Waals surface area contributed by atoms with Crippen molar-refractivity contribution in [3.8, 4) is 6.07 Å². The highest BCUT2D eigenvalue weighted by Crippen LogP contribution is 2.35. The van der Waals surface area contributed by atoms with Gasteiger partial charge in [-0.3, -0.25) is 9.88 Å². The summed E-state index contributed by atoms with van der Waals surface area (Å²) < 4.78 is 0. The molecular formula is C26H26Cl2N4O. The predicted octanol–water partition coefficient (Wildman–Crippen LogP) is 5.34. The number of rotatable bonds is 5. The van der Waals surface area contributed by atoms with Crippen LogP contribution in [0.4, 0.5) is 5.69 Å². The van der Waals surface area contributed by atoms with Crippen molar-refractivity contribution in [2.45, 2.75) is 25.5 Å². The SMILES string of the molecule is Cc1cc([C@](C)(O)CN2CCN(c3ccc(Cl)cc3C#N)[C@H](c3ccc(Cl)cc3)C2)ccn1. The van der Waals surface area contributed by atoms with Gasteiger partial charge in [-0.25, -0.2) is 0 Å². The molecule has 1 N–H and O–H groups in total. The zero-order valence-corrected chi connectivity index (χ0v) is 20.2. The molecule has 7 heteroatoms. The molecule has 0 spiro atoms. The molecule has 33 heavy (non-hydrogen) atoms. The average molecular weight is 481 g/mol. The van der Waals surface area contributed by atoms with Crippen molar-refractivity contribution in [2.24, 2.45) is 0 Å². The summed E-state index contributed by atoms with van der Waals surface area (Å²) in [5, 5.41) is 22.2. The molecular weight excluding hydrogens is 455 g/mol. The van der Waals surface area contributed by atoms with Crippen LogP contribution in [0.3, 0.4) is 0 Å². The Morgan fingerprint density at radius 3 is 2.52 bits per heavy atom. The van der Waals surface area contributed by atoms with Crippen molar-refractivity contribution >= 4 is 28.9 Å². The van der Waals surface area contributed by atoms with E-state index in [4.69, 9.17) is 23.2 Å². The van der Waals surface area contributed by atoms with Crippen LogP contribution in [0.2, 0.25) is 10.0 Å². The summed E-state index contributed by atoms with van der Waals surface area (Å²) in [4.78, 5) is 8.77. The van der Waals surface area contributed by atoms with Gasteiger partial charge in [0.2, 0.25) is 0 Å². The number of nitrogens with zero attached hydrogens (tertiary/aromatic N) is 4. The Hall–Kier alpha value is -2.62. The summed E-state index contributed by atoms with van der Waals surface area (Å²) in [6.07, 6.45) is 1.73. The number of aryl methyl sites for hydroxylation is 1. The lowest BCUT2D eigenvalue weighted by Crippen LogP contribution is -2.52. The molecule has 0 aliphatic carbocycles. The van der Waals surface area contributed by atoms with E-state index in [-0.39, 0.29) is 6.04 Å². The molecule has 0 amide bonds. The van der Waals surface area contributed by atoms with E-state index in [1.807, 2.05) is 62.4 Å². The number of β-amino-alcohol motifs (C(OH)–C–C–N with tert-alkyl or cyclic N) is 1. The number of hydrogen-bond acceptors (Lipinski definition) is 5. The van der Waals surface area contributed by atoms with Crippen LogP contribution < -0.4 is 4.90 Å². The number of hydrogen-bond donors (Lipinski definition) is 1. The lowest BCUT2D eigenvalue weighted by Gasteiger charge is -2.45. The molecule has 3 aromatic rings. The van der Waals surface area contributed by atoms with Gasteiger partial charge >= 0.3 is 0 Å². The number of pyridine rings is 1. The quantitative estimate of drug-likeness (QED) is 0.533. The Morgan fingerprint density at radius 2 is 1.82 bits per heavy atom. The highest BCUT2D eigenvalue weighted by molar-refractivity contribution is 6.31. The summed E-state index contributed by atoms with van der Waals surface area (Å²) in [6, 6.07) is 19.3. The maximum atomic E-state index is 11.3. The van der Waals surface area contributed by atoms with Gasteiger partial charge in [-0.1, -0.05) is 35.3 Å². The third kappa shape index (κ3) is 5.31. The zero-order chi connectivity index (χ0) is 23.6. The van der Waals surface area contributed by atoms with Gasteiger partial charge in [0.25, 0.3) is 0 Å². The first-order valence-corrected chi connectivity index (χ1v) is 11.6. The van der Waals surface area contributed by atoms with Gasteiger partial charge in [0.05, 0.1) is 22.9 Å². The standard InChI is InChI=1S/C26H26Cl2N4O/c1-18-13-21(9-10-30-18)26(2,33)17-31-11-12-32(24-8-7-23(28)14-20(24)15-29)25(16-31)19-3-5-22(27)6-4-19/h3-10,13-14,25,33H,11-12,16-17H2,1-2H3/t25-,26+/m0/s1. The van der Waals surface area contributed by atoms with Crippen LogP contribution in [0, 0.1) is 18.3 Å². The summed E-state index contributed by atoms with van der Waals surface area (Å²) >= 11 is 12.3. The fourth-order valence-corrected chi connectivity index (χ4v) is 4.80. The van der Waals surface area contributed by atoms with Crippen molar-refractivity contribution in [2.75, 3.05) is 31.1 Å². The third-order valence-corrected chi connectivity index (χ3v) is 6.64. The summed E-state index contributed by atoms with van der Waals surface area (Å²) in [6.45, 7) is 6.40. The lowest BCUT2D eigenvalue weighted by atomic mass is 9.94. The molecule has 1 aliphatic rings. The number of anilines is 1. The number of piperazine rings is 1. The molecule has 0 saturated carbocycles. The minimum Gasteiger partial charge on any atom is -0.384 e. The number of benzene rings is 2. The van der Waals surface area contributed by atoms with E-state index in [2.05, 4.69) is 20.9 Å². The van der Waals surface area contributed by atoms with Crippen molar-refractivity contribution in [3.05, 3.63) is 93.2 Å². The minimum absolute atomic E-state index is 0.0146. The van der Waals surface area contributed by atoms with E-state index in [0.717, 1.165) is 29.1 Å². The molecule has 170 valence electrons. The van der Waals surface area contributed by atoms with Gasteiger partial charge in [-0.15, -0.1) is 0 Å². The topological polar surface area (TPSA) is 63.4 Å². The average Bonchev–Trinajstić information content (AvgIpc) is 2.79. The van der Waals surface area contributed by atoms with Gasteiger partial charge in [0.15, 0.2) is 0 Å². The molecule has 1 saturated heterocycles. The smallest absolute Gasteiger partial charge is 0.101 e. The van der Waals surface area contributed by atoms with E-state index in [1.54, 1.807) is 12.3 Å². The van der Waals surface area contributed by atoms with Crippen LogP contribution in [0.5, 0.6) is 0 Å². The van der Waals surface area contributed by atoms with Gasteiger partial charge in [-0.05, 0) is 67.4 Å². The van der Waals surface area contributed by atoms with Gasteiger partial charge in [-0.2, -0.15) is 5.26 Å².